The molecule has 1 fully saturated rings. The van der Waals surface area contributed by atoms with Crippen molar-refractivity contribution in [2.45, 2.75) is 90.1 Å². The summed E-state index contributed by atoms with van der Waals surface area (Å²) in [4.78, 5) is 0. The second-order valence-electron chi connectivity index (χ2n) is 5.54. The van der Waals surface area contributed by atoms with Crippen molar-refractivity contribution < 1.29 is 0 Å². The van der Waals surface area contributed by atoms with E-state index in [1.54, 1.807) is 0 Å². The molecule has 1 heteroatoms. The lowest BCUT2D eigenvalue weighted by atomic mass is 9.87. The lowest BCUT2D eigenvalue weighted by Crippen LogP contribution is -2.48. The van der Waals surface area contributed by atoms with Crippen molar-refractivity contribution in [3.05, 3.63) is 0 Å². The van der Waals surface area contributed by atoms with Crippen LogP contribution in [-0.4, -0.2) is 11.6 Å². The van der Waals surface area contributed by atoms with Crippen LogP contribution in [-0.2, 0) is 0 Å². The fraction of sp³-hybridized carbons (Fsp3) is 1.00. The van der Waals surface area contributed by atoms with E-state index in [4.69, 9.17) is 0 Å². The van der Waals surface area contributed by atoms with Gasteiger partial charge in [-0.2, -0.15) is 0 Å². The van der Waals surface area contributed by atoms with E-state index >= 15 is 0 Å². The Hall–Kier alpha value is -0.0400. The Bertz CT molecular complexity index is 153. The first-order valence-corrected chi connectivity index (χ1v) is 6.98. The van der Waals surface area contributed by atoms with Crippen molar-refractivity contribution in [2.75, 3.05) is 0 Å². The van der Waals surface area contributed by atoms with Crippen LogP contribution in [0.25, 0.3) is 0 Å². The van der Waals surface area contributed by atoms with E-state index in [1.165, 1.54) is 57.8 Å². The molecule has 0 radical (unpaired) electrons. The largest absolute Gasteiger partial charge is 0.309 e. The highest BCUT2D eigenvalue weighted by Crippen LogP contribution is 2.24. The molecule has 1 aliphatic carbocycles. The molecule has 1 rings (SSSR count). The van der Waals surface area contributed by atoms with Crippen LogP contribution in [0.1, 0.15) is 78.6 Å². The van der Waals surface area contributed by atoms with E-state index in [2.05, 4.69) is 26.1 Å². The Morgan fingerprint density at radius 3 is 2.00 bits per heavy atom. The molecule has 0 aromatic heterocycles. The molecule has 15 heavy (non-hydrogen) atoms. The van der Waals surface area contributed by atoms with E-state index < -0.39 is 0 Å². The maximum atomic E-state index is 3.93. The predicted octanol–water partition coefficient (Wildman–Crippen LogP) is 4.27. The van der Waals surface area contributed by atoms with E-state index in [0.29, 0.717) is 5.54 Å². The van der Waals surface area contributed by atoms with Gasteiger partial charge >= 0.3 is 0 Å². The summed E-state index contributed by atoms with van der Waals surface area (Å²) in [6, 6.07) is 0.807. The molecule has 1 nitrogen and oxygen atoms in total. The Labute approximate surface area is 96.0 Å². The third-order valence-corrected chi connectivity index (χ3v) is 3.76. The fourth-order valence-corrected chi connectivity index (χ4v) is 3.11. The summed E-state index contributed by atoms with van der Waals surface area (Å²) in [7, 11) is 0. The van der Waals surface area contributed by atoms with Gasteiger partial charge in [0.2, 0.25) is 0 Å². The van der Waals surface area contributed by atoms with Crippen LogP contribution in [0.2, 0.25) is 0 Å². The van der Waals surface area contributed by atoms with Gasteiger partial charge in [-0.05, 0) is 32.6 Å². The molecule has 0 aromatic rings. The smallest absolute Gasteiger partial charge is 0.0155 e. The molecule has 0 heterocycles. The van der Waals surface area contributed by atoms with Crippen molar-refractivity contribution >= 4 is 0 Å². The summed E-state index contributed by atoms with van der Waals surface area (Å²) >= 11 is 0. The molecule has 1 saturated carbocycles. The maximum absolute atomic E-state index is 3.93. The van der Waals surface area contributed by atoms with Gasteiger partial charge in [0, 0.05) is 11.6 Å². The standard InChI is InChI=1S/C14H29N/c1-4-11-14(3,12-5-2)15-13-9-7-6-8-10-13/h13,15H,4-12H2,1-3H3. The van der Waals surface area contributed by atoms with Crippen molar-refractivity contribution in [1.29, 1.82) is 0 Å². The monoisotopic (exact) mass is 211 g/mol. The van der Waals surface area contributed by atoms with Crippen LogP contribution >= 0.6 is 0 Å². The third-order valence-electron chi connectivity index (χ3n) is 3.76. The summed E-state index contributed by atoms with van der Waals surface area (Å²) in [5, 5.41) is 3.93. The van der Waals surface area contributed by atoms with Gasteiger partial charge in [0.05, 0.1) is 0 Å². The van der Waals surface area contributed by atoms with Crippen molar-refractivity contribution in [1.82, 2.24) is 5.32 Å². The summed E-state index contributed by atoms with van der Waals surface area (Å²) in [5.74, 6) is 0. The molecule has 1 aliphatic rings. The van der Waals surface area contributed by atoms with Gasteiger partial charge in [0.25, 0.3) is 0 Å². The van der Waals surface area contributed by atoms with Gasteiger partial charge in [-0.3, -0.25) is 0 Å². The summed E-state index contributed by atoms with van der Waals surface area (Å²) in [6.45, 7) is 7.03. The van der Waals surface area contributed by atoms with Gasteiger partial charge in [0.15, 0.2) is 0 Å². The molecule has 1 N–H and O–H groups in total. The summed E-state index contributed by atoms with van der Waals surface area (Å²) in [5.41, 5.74) is 0.408. The molecule has 0 saturated heterocycles. The molecule has 0 atom stereocenters. The molecule has 0 bridgehead atoms. The van der Waals surface area contributed by atoms with E-state index in [9.17, 15) is 0 Å². The Kier molecular flexibility index (Phi) is 5.66. The molecule has 0 aliphatic heterocycles. The lowest BCUT2D eigenvalue weighted by Gasteiger charge is -2.37. The predicted molar refractivity (Wildman–Crippen MR) is 68.2 cm³/mol. The molecule has 0 unspecified atom stereocenters. The van der Waals surface area contributed by atoms with Crippen LogP contribution < -0.4 is 5.32 Å². The van der Waals surface area contributed by atoms with Gasteiger partial charge in [-0.1, -0.05) is 46.0 Å². The SMILES string of the molecule is CCCC(C)(CCC)NC1CCCCC1. The maximum Gasteiger partial charge on any atom is 0.0155 e. The topological polar surface area (TPSA) is 12.0 Å². The normalized spacial score (nSPS) is 19.4. The lowest BCUT2D eigenvalue weighted by molar-refractivity contribution is 0.234. The van der Waals surface area contributed by atoms with Crippen molar-refractivity contribution in [3.8, 4) is 0 Å². The Morgan fingerprint density at radius 2 is 1.53 bits per heavy atom. The molecule has 0 aromatic carbocycles. The molecule has 90 valence electrons. The zero-order chi connectivity index (χ0) is 11.1. The zero-order valence-electron chi connectivity index (χ0n) is 10.9. The molecular weight excluding hydrogens is 182 g/mol. The van der Waals surface area contributed by atoms with E-state index in [-0.39, 0.29) is 0 Å². The van der Waals surface area contributed by atoms with Crippen LogP contribution in [0.15, 0.2) is 0 Å². The fourth-order valence-electron chi connectivity index (χ4n) is 3.11. The number of hydrogen-bond acceptors (Lipinski definition) is 1. The minimum absolute atomic E-state index is 0.408. The second kappa shape index (κ2) is 6.52. The molecule has 0 amide bonds. The highest BCUT2D eigenvalue weighted by atomic mass is 15.0. The van der Waals surface area contributed by atoms with E-state index in [0.717, 1.165) is 6.04 Å². The quantitative estimate of drug-likeness (QED) is 0.692. The first-order valence-electron chi connectivity index (χ1n) is 6.98. The first kappa shape index (κ1) is 13.0. The van der Waals surface area contributed by atoms with Gasteiger partial charge in [-0.15, -0.1) is 0 Å². The first-order chi connectivity index (χ1) is 7.20. The summed E-state index contributed by atoms with van der Waals surface area (Å²) in [6.07, 6.45) is 12.4. The number of nitrogens with one attached hydrogen (secondary N) is 1. The summed E-state index contributed by atoms with van der Waals surface area (Å²) < 4.78 is 0. The highest BCUT2D eigenvalue weighted by molar-refractivity contribution is 4.87. The molecular formula is C14H29N. The minimum Gasteiger partial charge on any atom is -0.309 e. The third kappa shape index (κ3) is 4.55. The van der Waals surface area contributed by atoms with Crippen LogP contribution in [0.4, 0.5) is 0 Å². The van der Waals surface area contributed by atoms with Crippen LogP contribution in [0.5, 0.6) is 0 Å². The second-order valence-corrected chi connectivity index (χ2v) is 5.54. The highest BCUT2D eigenvalue weighted by Gasteiger charge is 2.26. The Balaban J connectivity index is 2.40. The minimum atomic E-state index is 0.408. The average molecular weight is 211 g/mol. The van der Waals surface area contributed by atoms with Crippen LogP contribution in [0.3, 0.4) is 0 Å². The van der Waals surface area contributed by atoms with Gasteiger partial charge < -0.3 is 5.32 Å². The van der Waals surface area contributed by atoms with Crippen LogP contribution in [0, 0.1) is 0 Å². The van der Waals surface area contributed by atoms with Crippen molar-refractivity contribution in [2.24, 2.45) is 0 Å². The Morgan fingerprint density at radius 1 is 1.00 bits per heavy atom. The number of rotatable bonds is 6. The van der Waals surface area contributed by atoms with Gasteiger partial charge in [-0.25, -0.2) is 0 Å². The average Bonchev–Trinajstić information content (AvgIpc) is 2.19. The van der Waals surface area contributed by atoms with Crippen molar-refractivity contribution in [3.63, 3.8) is 0 Å². The van der Waals surface area contributed by atoms with E-state index in [1.807, 2.05) is 0 Å². The van der Waals surface area contributed by atoms with Gasteiger partial charge in [0.1, 0.15) is 0 Å². The number of hydrogen-bond donors (Lipinski definition) is 1. The molecule has 0 spiro atoms. The zero-order valence-corrected chi connectivity index (χ0v) is 10.9.